The average Bonchev–Trinajstić information content (AvgIpc) is 3.17. The van der Waals surface area contributed by atoms with Gasteiger partial charge in [0.05, 0.1) is 10.9 Å². The zero-order chi connectivity index (χ0) is 23.8. The van der Waals surface area contributed by atoms with Crippen LogP contribution in [0.2, 0.25) is 0 Å². The van der Waals surface area contributed by atoms with Crippen molar-refractivity contribution < 1.29 is 9.59 Å². The predicted molar refractivity (Wildman–Crippen MR) is 135 cm³/mol. The Kier molecular flexibility index (Phi) is 6.54. The molecule has 0 fully saturated rings. The molecule has 1 aromatic carbocycles. The molecule has 3 aromatic rings. The summed E-state index contributed by atoms with van der Waals surface area (Å²) < 4.78 is 0. The van der Waals surface area contributed by atoms with Crippen molar-refractivity contribution in [3.05, 3.63) is 58.1 Å². The number of thiophene rings is 1. The Hall–Kier alpha value is -2.77. The maximum absolute atomic E-state index is 13.1. The lowest BCUT2D eigenvalue weighted by Gasteiger charge is -2.34. The summed E-state index contributed by atoms with van der Waals surface area (Å²) in [5.74, 6) is 0.336. The maximum atomic E-state index is 13.1. The van der Waals surface area contributed by atoms with Crippen LogP contribution < -0.4 is 16.4 Å². The van der Waals surface area contributed by atoms with Gasteiger partial charge in [0, 0.05) is 30.2 Å². The topological polar surface area (TPSA) is 97.1 Å². The van der Waals surface area contributed by atoms with E-state index in [9.17, 15) is 9.59 Å². The molecule has 4 N–H and O–H groups in total. The fourth-order valence-corrected chi connectivity index (χ4v) is 5.46. The van der Waals surface area contributed by atoms with Crippen molar-refractivity contribution in [3.8, 4) is 0 Å². The first-order valence-electron chi connectivity index (χ1n) is 11.4. The molecule has 0 bridgehead atoms. The molecule has 1 aliphatic rings. The van der Waals surface area contributed by atoms with Crippen molar-refractivity contribution in [2.75, 3.05) is 11.9 Å². The smallest absolute Gasteiger partial charge is 0.261 e. The third-order valence-electron chi connectivity index (χ3n) is 6.47. The van der Waals surface area contributed by atoms with Gasteiger partial charge in [-0.3, -0.25) is 9.59 Å². The molecule has 0 spiro atoms. The average molecular weight is 465 g/mol. The fourth-order valence-electron chi connectivity index (χ4n) is 4.52. The van der Waals surface area contributed by atoms with Gasteiger partial charge in [-0.15, -0.1) is 11.3 Å². The van der Waals surface area contributed by atoms with Crippen molar-refractivity contribution in [2.45, 2.75) is 53.0 Å². The molecular formula is C26H32N4O2S. The summed E-state index contributed by atoms with van der Waals surface area (Å²) in [7, 11) is 0. The standard InChI is InChI=1S/C26H32N4O2S/c1-15(31)28-20-7-5-6-16(12-20)22(14-27)29-24(32)23-13-18-10-17-11-19(26(2,3)4)8-9-21(17)30-25(18)33-23/h5-7,10,12-13,19,22H,8-9,11,14,27H2,1-4H3,(H,28,31)(H,29,32)/t19?,22-/m1/s1. The first kappa shape index (κ1) is 23.4. The number of fused-ring (bicyclic) bond motifs is 2. The minimum absolute atomic E-state index is 0.144. The summed E-state index contributed by atoms with van der Waals surface area (Å²) in [5.41, 5.74) is 10.3. The Bertz CT molecular complexity index is 1190. The van der Waals surface area contributed by atoms with Crippen LogP contribution in [0, 0.1) is 11.3 Å². The van der Waals surface area contributed by atoms with E-state index in [1.807, 2.05) is 30.3 Å². The number of aromatic nitrogens is 1. The van der Waals surface area contributed by atoms with Crippen molar-refractivity contribution in [3.63, 3.8) is 0 Å². The van der Waals surface area contributed by atoms with E-state index in [0.29, 0.717) is 16.5 Å². The van der Waals surface area contributed by atoms with Crippen LogP contribution in [0.3, 0.4) is 0 Å². The molecule has 2 aromatic heterocycles. The van der Waals surface area contributed by atoms with Gasteiger partial charge in [0.25, 0.3) is 5.91 Å². The molecule has 7 heteroatoms. The van der Waals surface area contributed by atoms with Gasteiger partial charge in [-0.2, -0.15) is 0 Å². The van der Waals surface area contributed by atoms with Crippen molar-refractivity contribution >= 4 is 39.1 Å². The number of nitrogens with two attached hydrogens (primary N) is 1. The van der Waals surface area contributed by atoms with E-state index < -0.39 is 0 Å². The molecule has 0 radical (unpaired) electrons. The maximum Gasteiger partial charge on any atom is 0.261 e. The summed E-state index contributed by atoms with van der Waals surface area (Å²) in [6.07, 6.45) is 3.19. The van der Waals surface area contributed by atoms with Gasteiger partial charge in [0.1, 0.15) is 4.83 Å². The van der Waals surface area contributed by atoms with E-state index in [0.717, 1.165) is 35.0 Å². The van der Waals surface area contributed by atoms with Crippen LogP contribution >= 0.6 is 11.3 Å². The quantitative estimate of drug-likeness (QED) is 0.503. The first-order valence-corrected chi connectivity index (χ1v) is 12.3. The van der Waals surface area contributed by atoms with Gasteiger partial charge in [-0.25, -0.2) is 4.98 Å². The summed E-state index contributed by atoms with van der Waals surface area (Å²) in [4.78, 5) is 30.9. The Labute approximate surface area is 199 Å². The van der Waals surface area contributed by atoms with E-state index in [4.69, 9.17) is 10.7 Å². The van der Waals surface area contributed by atoms with E-state index in [1.165, 1.54) is 29.5 Å². The van der Waals surface area contributed by atoms with Crippen molar-refractivity contribution in [2.24, 2.45) is 17.1 Å². The van der Waals surface area contributed by atoms with Crippen LogP contribution in [0.5, 0.6) is 0 Å². The van der Waals surface area contributed by atoms with Crippen LogP contribution in [0.25, 0.3) is 10.2 Å². The lowest BCUT2D eigenvalue weighted by Crippen LogP contribution is -2.33. The third-order valence-corrected chi connectivity index (χ3v) is 7.52. The number of carbonyl (C=O) groups excluding carboxylic acids is 2. The van der Waals surface area contributed by atoms with E-state index in [1.54, 1.807) is 0 Å². The molecular weight excluding hydrogens is 432 g/mol. The number of hydrogen-bond donors (Lipinski definition) is 3. The Morgan fingerprint density at radius 1 is 1.24 bits per heavy atom. The fraction of sp³-hybridized carbons (Fsp3) is 0.423. The van der Waals surface area contributed by atoms with Gasteiger partial charge >= 0.3 is 0 Å². The van der Waals surface area contributed by atoms with Gasteiger partial charge in [-0.1, -0.05) is 32.9 Å². The van der Waals surface area contributed by atoms with E-state index in [2.05, 4.69) is 37.5 Å². The molecule has 2 heterocycles. The number of hydrogen-bond acceptors (Lipinski definition) is 5. The predicted octanol–water partition coefficient (Wildman–Crippen LogP) is 4.84. The molecule has 6 nitrogen and oxygen atoms in total. The normalized spacial score (nSPS) is 16.8. The zero-order valence-corrected chi connectivity index (χ0v) is 20.5. The number of anilines is 1. The lowest BCUT2D eigenvalue weighted by molar-refractivity contribution is -0.114. The number of amides is 2. The van der Waals surface area contributed by atoms with Crippen LogP contribution in [0.4, 0.5) is 5.69 Å². The van der Waals surface area contributed by atoms with Crippen LogP contribution in [-0.4, -0.2) is 23.3 Å². The monoisotopic (exact) mass is 464 g/mol. The highest BCUT2D eigenvalue weighted by Gasteiger charge is 2.29. The van der Waals surface area contributed by atoms with Crippen LogP contribution in [0.15, 0.2) is 36.4 Å². The minimum Gasteiger partial charge on any atom is -0.343 e. The molecule has 2 atom stereocenters. The van der Waals surface area contributed by atoms with Gasteiger partial charge < -0.3 is 16.4 Å². The highest BCUT2D eigenvalue weighted by Crippen LogP contribution is 2.38. The molecule has 0 aliphatic heterocycles. The molecule has 174 valence electrons. The SMILES string of the molecule is CC(=O)Nc1cccc([C@@H](CN)NC(=O)c2cc3cc4c(nc3s2)CCC(C(C)(C)C)C4)c1. The largest absolute Gasteiger partial charge is 0.343 e. The highest BCUT2D eigenvalue weighted by molar-refractivity contribution is 7.20. The number of benzene rings is 1. The Morgan fingerprint density at radius 2 is 2.03 bits per heavy atom. The number of rotatable bonds is 5. The van der Waals surface area contributed by atoms with E-state index in [-0.39, 0.29) is 29.8 Å². The third kappa shape index (κ3) is 5.25. The number of nitrogens with zero attached hydrogens (tertiary/aromatic N) is 1. The van der Waals surface area contributed by atoms with Crippen molar-refractivity contribution in [1.82, 2.24) is 10.3 Å². The minimum atomic E-state index is -0.356. The Balaban J connectivity index is 1.54. The molecule has 0 saturated heterocycles. The summed E-state index contributed by atoms with van der Waals surface area (Å²) in [6.45, 7) is 8.64. The van der Waals surface area contributed by atoms with Crippen molar-refractivity contribution in [1.29, 1.82) is 0 Å². The molecule has 0 saturated carbocycles. The Morgan fingerprint density at radius 3 is 2.73 bits per heavy atom. The van der Waals surface area contributed by atoms with Gasteiger partial charge in [-0.05, 0) is 66.0 Å². The molecule has 1 aliphatic carbocycles. The second-order valence-electron chi connectivity index (χ2n) is 9.97. The van der Waals surface area contributed by atoms with Gasteiger partial charge in [0.2, 0.25) is 5.91 Å². The second kappa shape index (κ2) is 9.23. The van der Waals surface area contributed by atoms with Crippen LogP contribution in [-0.2, 0) is 17.6 Å². The first-order chi connectivity index (χ1) is 15.6. The van der Waals surface area contributed by atoms with Crippen LogP contribution in [0.1, 0.15) is 66.7 Å². The molecule has 33 heavy (non-hydrogen) atoms. The molecule has 1 unspecified atom stereocenters. The summed E-state index contributed by atoms with van der Waals surface area (Å²) >= 11 is 1.42. The number of aryl methyl sites for hydroxylation is 1. The van der Waals surface area contributed by atoms with E-state index >= 15 is 0 Å². The second-order valence-corrected chi connectivity index (χ2v) is 11.0. The lowest BCUT2D eigenvalue weighted by atomic mass is 9.71. The summed E-state index contributed by atoms with van der Waals surface area (Å²) in [5, 5.41) is 6.83. The molecule has 2 amide bonds. The van der Waals surface area contributed by atoms with Gasteiger partial charge in [0.15, 0.2) is 0 Å². The summed E-state index contributed by atoms with van der Waals surface area (Å²) in [6, 6.07) is 11.2. The molecule has 4 rings (SSSR count). The highest BCUT2D eigenvalue weighted by atomic mass is 32.1. The number of pyridine rings is 1. The zero-order valence-electron chi connectivity index (χ0n) is 19.7. The number of nitrogens with one attached hydrogen (secondary N) is 2. The number of carbonyl (C=O) groups is 2.